The Morgan fingerprint density at radius 2 is 2.00 bits per heavy atom. The van der Waals surface area contributed by atoms with Crippen LogP contribution in [0.2, 0.25) is 0 Å². The first-order valence-corrected chi connectivity index (χ1v) is 5.19. The molecule has 0 saturated carbocycles. The quantitative estimate of drug-likeness (QED) is 0.779. The second-order valence-corrected chi connectivity index (χ2v) is 3.52. The highest BCUT2D eigenvalue weighted by atomic mass is 19.3. The summed E-state index contributed by atoms with van der Waals surface area (Å²) in [6, 6.07) is 4.85. The van der Waals surface area contributed by atoms with Crippen molar-refractivity contribution in [2.75, 3.05) is 6.54 Å². The predicted molar refractivity (Wildman–Crippen MR) is 57.4 cm³/mol. The van der Waals surface area contributed by atoms with Gasteiger partial charge in [-0.3, -0.25) is 4.79 Å². The van der Waals surface area contributed by atoms with Crippen molar-refractivity contribution < 1.29 is 32.2 Å². The van der Waals surface area contributed by atoms with Crippen molar-refractivity contribution in [1.82, 2.24) is 5.32 Å². The van der Waals surface area contributed by atoms with Gasteiger partial charge in [-0.2, -0.15) is 8.78 Å². The second kappa shape index (κ2) is 6.93. The number of alkyl halides is 4. The van der Waals surface area contributed by atoms with Gasteiger partial charge in [-0.05, 0) is 18.2 Å². The van der Waals surface area contributed by atoms with E-state index in [0.29, 0.717) is 0 Å². The van der Waals surface area contributed by atoms with Gasteiger partial charge >= 0.3 is 6.61 Å². The Balaban J connectivity index is 2.61. The van der Waals surface area contributed by atoms with Gasteiger partial charge in [0.15, 0.2) is 0 Å². The second-order valence-electron chi connectivity index (χ2n) is 3.52. The number of carbonyl (C=O) groups excluding carboxylic acids is 1. The van der Waals surface area contributed by atoms with Crippen LogP contribution in [0.3, 0.4) is 0 Å². The molecule has 1 aromatic rings. The Hall–Kier alpha value is -1.83. The number of aliphatic hydroxyl groups is 1. The third-order valence-corrected chi connectivity index (χ3v) is 2.08. The number of aliphatic hydroxyl groups excluding tert-OH is 1. The third-order valence-electron chi connectivity index (χ3n) is 2.08. The van der Waals surface area contributed by atoms with Crippen LogP contribution in [0.4, 0.5) is 17.6 Å². The van der Waals surface area contributed by atoms with Gasteiger partial charge in [0, 0.05) is 12.1 Å². The van der Waals surface area contributed by atoms with Crippen LogP contribution in [0.1, 0.15) is 10.4 Å². The first kappa shape index (κ1) is 15.2. The van der Waals surface area contributed by atoms with E-state index in [1.54, 1.807) is 0 Å². The summed E-state index contributed by atoms with van der Waals surface area (Å²) >= 11 is 0. The zero-order valence-electron chi connectivity index (χ0n) is 9.52. The SMILES string of the molecule is O=C(NCC(O)C(F)F)c1cccc(OC(F)F)c1. The van der Waals surface area contributed by atoms with Crippen LogP contribution in [0, 0.1) is 0 Å². The minimum Gasteiger partial charge on any atom is -0.435 e. The Labute approximate surface area is 106 Å². The highest BCUT2D eigenvalue weighted by Gasteiger charge is 2.18. The van der Waals surface area contributed by atoms with Crippen molar-refractivity contribution in [2.24, 2.45) is 0 Å². The maximum absolute atomic E-state index is 12.0. The Bertz CT molecular complexity index is 428. The monoisotopic (exact) mass is 281 g/mol. The van der Waals surface area contributed by atoms with E-state index < -0.39 is 31.6 Å². The average molecular weight is 281 g/mol. The lowest BCUT2D eigenvalue weighted by Gasteiger charge is -2.11. The van der Waals surface area contributed by atoms with Gasteiger partial charge in [-0.15, -0.1) is 0 Å². The van der Waals surface area contributed by atoms with E-state index in [4.69, 9.17) is 5.11 Å². The molecule has 0 spiro atoms. The number of hydrogen-bond acceptors (Lipinski definition) is 3. The number of benzene rings is 1. The molecule has 0 fully saturated rings. The molecule has 1 atom stereocenters. The van der Waals surface area contributed by atoms with Crippen LogP contribution in [0.25, 0.3) is 0 Å². The molecule has 2 N–H and O–H groups in total. The molecule has 1 amide bonds. The fourth-order valence-corrected chi connectivity index (χ4v) is 1.20. The molecule has 0 heterocycles. The van der Waals surface area contributed by atoms with Gasteiger partial charge in [0.25, 0.3) is 12.3 Å². The standard InChI is InChI=1S/C11H11F4NO3/c12-9(13)8(17)5-16-10(18)6-2-1-3-7(4-6)19-11(14)15/h1-4,8-9,11,17H,5H2,(H,16,18). The molecular weight excluding hydrogens is 270 g/mol. The number of amides is 1. The van der Waals surface area contributed by atoms with Crippen LogP contribution in [-0.4, -0.2) is 36.7 Å². The zero-order valence-corrected chi connectivity index (χ0v) is 9.52. The molecule has 19 heavy (non-hydrogen) atoms. The molecule has 0 aliphatic heterocycles. The lowest BCUT2D eigenvalue weighted by atomic mass is 10.2. The molecule has 0 aliphatic carbocycles. The largest absolute Gasteiger partial charge is 0.435 e. The van der Waals surface area contributed by atoms with Crippen molar-refractivity contribution in [3.05, 3.63) is 29.8 Å². The highest BCUT2D eigenvalue weighted by Crippen LogP contribution is 2.15. The van der Waals surface area contributed by atoms with Crippen molar-refractivity contribution >= 4 is 5.91 Å². The first-order chi connectivity index (χ1) is 8.90. The minimum absolute atomic E-state index is 0.0420. The van der Waals surface area contributed by atoms with Gasteiger partial charge in [-0.25, -0.2) is 8.78 Å². The fourth-order valence-electron chi connectivity index (χ4n) is 1.20. The third kappa shape index (κ3) is 5.12. The molecule has 4 nitrogen and oxygen atoms in total. The fraction of sp³-hybridized carbons (Fsp3) is 0.364. The van der Waals surface area contributed by atoms with Crippen LogP contribution < -0.4 is 10.1 Å². The molecule has 0 aliphatic rings. The van der Waals surface area contributed by atoms with Gasteiger partial charge in [0.2, 0.25) is 0 Å². The summed E-state index contributed by atoms with van der Waals surface area (Å²) in [5.41, 5.74) is -0.0420. The maximum atomic E-state index is 12.0. The molecular formula is C11H11F4NO3. The van der Waals surface area contributed by atoms with E-state index in [0.717, 1.165) is 6.07 Å². The smallest absolute Gasteiger partial charge is 0.387 e. The normalized spacial score (nSPS) is 12.6. The number of nitrogens with one attached hydrogen (secondary N) is 1. The summed E-state index contributed by atoms with van der Waals surface area (Å²) in [6.07, 6.45) is -4.96. The maximum Gasteiger partial charge on any atom is 0.387 e. The molecule has 0 bridgehead atoms. The van der Waals surface area contributed by atoms with E-state index in [1.807, 2.05) is 5.32 Å². The van der Waals surface area contributed by atoms with Crippen molar-refractivity contribution in [1.29, 1.82) is 0 Å². The summed E-state index contributed by atoms with van der Waals surface area (Å²) < 4.78 is 52.0. The van der Waals surface area contributed by atoms with E-state index in [2.05, 4.69) is 4.74 Å². The Morgan fingerprint density at radius 1 is 1.32 bits per heavy atom. The van der Waals surface area contributed by atoms with E-state index in [9.17, 15) is 22.4 Å². The lowest BCUT2D eigenvalue weighted by molar-refractivity contribution is -0.0498. The summed E-state index contributed by atoms with van der Waals surface area (Å²) in [5, 5.41) is 10.9. The van der Waals surface area contributed by atoms with Crippen molar-refractivity contribution in [3.63, 3.8) is 0 Å². The van der Waals surface area contributed by atoms with Crippen molar-refractivity contribution in [2.45, 2.75) is 19.1 Å². The van der Waals surface area contributed by atoms with Crippen LogP contribution in [0.15, 0.2) is 24.3 Å². The predicted octanol–water partition coefficient (Wildman–Crippen LogP) is 1.64. The summed E-state index contributed by atoms with van der Waals surface area (Å²) in [6.45, 7) is -3.67. The number of carbonyl (C=O) groups is 1. The summed E-state index contributed by atoms with van der Waals surface area (Å²) in [5.74, 6) is -1.00. The first-order valence-electron chi connectivity index (χ1n) is 5.19. The van der Waals surface area contributed by atoms with E-state index in [1.165, 1.54) is 18.2 Å². The van der Waals surface area contributed by atoms with Gasteiger partial charge in [-0.1, -0.05) is 6.07 Å². The average Bonchev–Trinajstić information content (AvgIpc) is 2.34. The Morgan fingerprint density at radius 3 is 2.58 bits per heavy atom. The van der Waals surface area contributed by atoms with Crippen molar-refractivity contribution in [3.8, 4) is 5.75 Å². The molecule has 1 aromatic carbocycles. The number of hydrogen-bond donors (Lipinski definition) is 2. The van der Waals surface area contributed by atoms with Gasteiger partial charge in [0.1, 0.15) is 11.9 Å². The summed E-state index contributed by atoms with van der Waals surface area (Å²) in [4.78, 5) is 11.5. The topological polar surface area (TPSA) is 58.6 Å². The molecule has 1 unspecified atom stereocenters. The number of rotatable bonds is 6. The number of ether oxygens (including phenoxy) is 1. The van der Waals surface area contributed by atoms with Gasteiger partial charge < -0.3 is 15.2 Å². The molecule has 1 rings (SSSR count). The van der Waals surface area contributed by atoms with Crippen LogP contribution >= 0.6 is 0 Å². The Kier molecular flexibility index (Phi) is 5.56. The van der Waals surface area contributed by atoms with Gasteiger partial charge in [0.05, 0.1) is 0 Å². The van der Waals surface area contributed by atoms with E-state index in [-0.39, 0.29) is 11.3 Å². The molecule has 106 valence electrons. The van der Waals surface area contributed by atoms with E-state index >= 15 is 0 Å². The van der Waals surface area contributed by atoms with Crippen LogP contribution in [0.5, 0.6) is 5.75 Å². The number of halogens is 4. The molecule has 8 heteroatoms. The lowest BCUT2D eigenvalue weighted by Crippen LogP contribution is -2.35. The van der Waals surface area contributed by atoms with Crippen LogP contribution in [-0.2, 0) is 0 Å². The molecule has 0 aromatic heterocycles. The highest BCUT2D eigenvalue weighted by molar-refractivity contribution is 5.94. The zero-order chi connectivity index (χ0) is 14.4. The molecule has 0 radical (unpaired) electrons. The molecule has 0 saturated heterocycles. The summed E-state index contributed by atoms with van der Waals surface area (Å²) in [7, 11) is 0. The minimum atomic E-state index is -3.03.